The molecule has 0 saturated heterocycles. The third-order valence-electron chi connectivity index (χ3n) is 1.44. The highest BCUT2D eigenvalue weighted by atomic mass is 35.5. The Morgan fingerprint density at radius 3 is 2.25 bits per heavy atom. The van der Waals surface area contributed by atoms with Crippen molar-refractivity contribution in [3.8, 4) is 5.75 Å². The van der Waals surface area contributed by atoms with Gasteiger partial charge in [-0.2, -0.15) is 0 Å². The number of esters is 1. The lowest BCUT2D eigenvalue weighted by Crippen LogP contribution is -2.08. The number of carbonyl (C=O) groups is 1. The van der Waals surface area contributed by atoms with Crippen molar-refractivity contribution < 1.29 is 9.53 Å². The smallest absolute Gasteiger partial charge is 0.357 e. The van der Waals surface area contributed by atoms with Crippen LogP contribution in [0, 0.1) is 0 Å². The summed E-state index contributed by atoms with van der Waals surface area (Å²) < 4.78 is 4.46. The maximum Gasteiger partial charge on any atom is 0.357 e. The zero-order chi connectivity index (χ0) is 12.3. The summed E-state index contributed by atoms with van der Waals surface area (Å²) in [6, 6.07) is 4.36. The Kier molecular flexibility index (Phi) is 5.22. The molecule has 0 bridgehead atoms. The third kappa shape index (κ3) is 3.72. The predicted molar refractivity (Wildman–Crippen MR) is 66.7 cm³/mol. The fourth-order valence-electron chi connectivity index (χ4n) is 0.780. The van der Waals surface area contributed by atoms with Crippen molar-refractivity contribution in [2.45, 2.75) is 0 Å². The molecular formula is C9H3Cl5O2. The van der Waals surface area contributed by atoms with Crippen molar-refractivity contribution >= 4 is 64.0 Å². The Labute approximate surface area is 117 Å². The molecule has 0 N–H and O–H groups in total. The second kappa shape index (κ2) is 5.99. The first-order valence-electron chi connectivity index (χ1n) is 3.80. The van der Waals surface area contributed by atoms with Crippen LogP contribution in [-0.2, 0) is 4.79 Å². The van der Waals surface area contributed by atoms with Gasteiger partial charge in [-0.1, -0.05) is 58.0 Å². The van der Waals surface area contributed by atoms with Crippen LogP contribution in [0.15, 0.2) is 27.7 Å². The molecule has 0 saturated carbocycles. The van der Waals surface area contributed by atoms with Gasteiger partial charge in [-0.3, -0.25) is 0 Å². The summed E-state index contributed by atoms with van der Waals surface area (Å²) in [5.74, 6) is -0.783. The summed E-state index contributed by atoms with van der Waals surface area (Å²) >= 11 is 27.5. The maximum atomic E-state index is 11.3. The number of ether oxygens (including phenoxy) is 1. The quantitative estimate of drug-likeness (QED) is 0.445. The van der Waals surface area contributed by atoms with E-state index in [0.717, 1.165) is 0 Å². The van der Waals surface area contributed by atoms with Gasteiger partial charge in [0.15, 0.2) is 5.03 Å². The Hall–Kier alpha value is -0.120. The predicted octanol–water partition coefficient (Wildman–Crippen LogP) is 4.78. The highest BCUT2D eigenvalue weighted by molar-refractivity contribution is 6.62. The number of hydrogen-bond acceptors (Lipinski definition) is 2. The first-order valence-corrected chi connectivity index (χ1v) is 5.69. The van der Waals surface area contributed by atoms with Crippen molar-refractivity contribution in [3.05, 3.63) is 37.8 Å². The van der Waals surface area contributed by atoms with Crippen molar-refractivity contribution in [2.24, 2.45) is 0 Å². The summed E-state index contributed by atoms with van der Waals surface area (Å²) in [5.41, 5.74) is 0. The van der Waals surface area contributed by atoms with Gasteiger partial charge < -0.3 is 4.74 Å². The Bertz CT molecular complexity index is 451. The van der Waals surface area contributed by atoms with E-state index in [1.165, 1.54) is 18.2 Å². The van der Waals surface area contributed by atoms with Crippen LogP contribution in [0.3, 0.4) is 0 Å². The van der Waals surface area contributed by atoms with Crippen molar-refractivity contribution in [3.63, 3.8) is 0 Å². The molecule has 0 amide bonds. The molecular weight excluding hydrogens is 317 g/mol. The number of carbonyl (C=O) groups excluding carboxylic acids is 1. The Balaban J connectivity index is 2.90. The van der Waals surface area contributed by atoms with Gasteiger partial charge in [-0.25, -0.2) is 4.79 Å². The molecule has 0 atom stereocenters. The molecule has 16 heavy (non-hydrogen) atoms. The van der Waals surface area contributed by atoms with Gasteiger partial charge in [-0.15, -0.1) is 0 Å². The molecule has 0 aliphatic rings. The fourth-order valence-corrected chi connectivity index (χ4v) is 1.42. The topological polar surface area (TPSA) is 26.3 Å². The lowest BCUT2D eigenvalue weighted by molar-refractivity contribution is -0.129. The Morgan fingerprint density at radius 2 is 1.75 bits per heavy atom. The van der Waals surface area contributed by atoms with Gasteiger partial charge in [0.05, 0.1) is 5.02 Å². The molecule has 7 heteroatoms. The van der Waals surface area contributed by atoms with Gasteiger partial charge in [0.1, 0.15) is 10.2 Å². The molecule has 86 valence electrons. The van der Waals surface area contributed by atoms with Gasteiger partial charge in [0.25, 0.3) is 0 Å². The molecule has 1 rings (SSSR count). The SMILES string of the molecule is O=C(Oc1ccc(Cl)cc1Cl)C(Cl)=C(Cl)Cl. The van der Waals surface area contributed by atoms with E-state index in [1.807, 2.05) is 0 Å². The standard InChI is InChI=1S/C9H3Cl5O2/c10-4-1-2-6(5(11)3-4)16-9(15)7(12)8(13)14/h1-3H. The minimum atomic E-state index is -0.897. The highest BCUT2D eigenvalue weighted by Crippen LogP contribution is 2.29. The normalized spacial score (nSPS) is 9.81. The molecule has 0 radical (unpaired) electrons. The molecule has 0 aliphatic heterocycles. The summed E-state index contributed by atoms with van der Waals surface area (Å²) in [6.07, 6.45) is 0. The average molecular weight is 320 g/mol. The second-order valence-electron chi connectivity index (χ2n) is 2.54. The van der Waals surface area contributed by atoms with Crippen LogP contribution in [0.5, 0.6) is 5.75 Å². The van der Waals surface area contributed by atoms with E-state index in [-0.39, 0.29) is 15.3 Å². The summed E-state index contributed by atoms with van der Waals surface area (Å²) in [5, 5.41) is 0.173. The van der Waals surface area contributed by atoms with Crippen LogP contribution in [0.25, 0.3) is 0 Å². The van der Waals surface area contributed by atoms with Gasteiger partial charge in [0.2, 0.25) is 0 Å². The zero-order valence-electron chi connectivity index (χ0n) is 7.44. The molecule has 2 nitrogen and oxygen atoms in total. The highest BCUT2D eigenvalue weighted by Gasteiger charge is 2.15. The summed E-state index contributed by atoms with van der Waals surface area (Å²) in [6.45, 7) is 0. The lowest BCUT2D eigenvalue weighted by atomic mass is 10.3. The monoisotopic (exact) mass is 318 g/mol. The number of hydrogen-bond donors (Lipinski definition) is 0. The van der Waals surface area contributed by atoms with Crippen LogP contribution >= 0.6 is 58.0 Å². The van der Waals surface area contributed by atoms with E-state index < -0.39 is 11.0 Å². The second-order valence-corrected chi connectivity index (χ2v) is 4.71. The van der Waals surface area contributed by atoms with E-state index in [1.54, 1.807) is 0 Å². The van der Waals surface area contributed by atoms with Crippen LogP contribution in [0.1, 0.15) is 0 Å². The first kappa shape index (κ1) is 13.9. The van der Waals surface area contributed by atoms with Crippen molar-refractivity contribution in [1.29, 1.82) is 0 Å². The Morgan fingerprint density at radius 1 is 1.12 bits per heavy atom. The number of rotatable bonds is 2. The van der Waals surface area contributed by atoms with Crippen LogP contribution in [0.4, 0.5) is 0 Å². The minimum absolute atomic E-state index is 0.115. The lowest BCUT2D eigenvalue weighted by Gasteiger charge is -2.05. The van der Waals surface area contributed by atoms with Gasteiger partial charge >= 0.3 is 5.97 Å². The minimum Gasteiger partial charge on any atom is -0.421 e. The maximum absolute atomic E-state index is 11.3. The van der Waals surface area contributed by atoms with Crippen molar-refractivity contribution in [1.82, 2.24) is 0 Å². The molecule has 0 unspecified atom stereocenters. The van der Waals surface area contributed by atoms with Crippen LogP contribution in [-0.4, -0.2) is 5.97 Å². The molecule has 0 spiro atoms. The summed E-state index contributed by atoms with van der Waals surface area (Å²) in [4.78, 5) is 11.3. The zero-order valence-corrected chi connectivity index (χ0v) is 11.2. The fraction of sp³-hybridized carbons (Fsp3) is 0. The first-order chi connectivity index (χ1) is 7.41. The molecule has 1 aromatic rings. The molecule has 0 fully saturated rings. The van der Waals surface area contributed by atoms with Crippen molar-refractivity contribution in [2.75, 3.05) is 0 Å². The number of benzene rings is 1. The largest absolute Gasteiger partial charge is 0.421 e. The summed E-state index contributed by atoms with van der Waals surface area (Å²) in [7, 11) is 0. The van der Waals surface area contributed by atoms with Crippen LogP contribution in [0.2, 0.25) is 10.0 Å². The number of halogens is 5. The van der Waals surface area contributed by atoms with E-state index in [9.17, 15) is 4.79 Å². The molecule has 0 aromatic heterocycles. The molecule has 0 heterocycles. The van der Waals surface area contributed by atoms with Crippen LogP contribution < -0.4 is 4.74 Å². The van der Waals surface area contributed by atoms with E-state index in [4.69, 9.17) is 62.7 Å². The van der Waals surface area contributed by atoms with E-state index >= 15 is 0 Å². The van der Waals surface area contributed by atoms with E-state index in [0.29, 0.717) is 5.02 Å². The molecule has 0 aliphatic carbocycles. The van der Waals surface area contributed by atoms with E-state index in [2.05, 4.69) is 0 Å². The average Bonchev–Trinajstić information content (AvgIpc) is 2.20. The van der Waals surface area contributed by atoms with Gasteiger partial charge in [0, 0.05) is 5.02 Å². The van der Waals surface area contributed by atoms with Gasteiger partial charge in [-0.05, 0) is 18.2 Å². The third-order valence-corrected chi connectivity index (χ3v) is 2.89. The molecule has 1 aromatic carbocycles.